The number of aromatic nitrogens is 2. The lowest BCUT2D eigenvalue weighted by Crippen LogP contribution is -2.24. The smallest absolute Gasteiger partial charge is 0.0931 e. The summed E-state index contributed by atoms with van der Waals surface area (Å²) in [6.07, 6.45) is 3.40. The third kappa shape index (κ3) is 1.00. The predicted molar refractivity (Wildman–Crippen MR) is 42.6 cm³/mol. The maximum Gasteiger partial charge on any atom is 0.0931 e. The number of hydrogen-bond donors (Lipinski definition) is 1. The van der Waals surface area contributed by atoms with Crippen LogP contribution < -0.4 is 10.7 Å². The molecule has 0 aliphatic carbocycles. The van der Waals surface area contributed by atoms with Crippen LogP contribution in [-0.2, 0) is 0 Å². The summed E-state index contributed by atoms with van der Waals surface area (Å²) in [5, 5.41) is 1.74. The van der Waals surface area contributed by atoms with Crippen LogP contribution in [0.25, 0.3) is 12.2 Å². The molecule has 0 atom stereocenters. The first-order valence-corrected chi connectivity index (χ1v) is 3.07. The summed E-state index contributed by atoms with van der Waals surface area (Å²) >= 11 is 0. The molecule has 0 unspecified atom stereocenters. The zero-order valence-corrected chi connectivity index (χ0v) is 6.02. The van der Waals surface area contributed by atoms with Gasteiger partial charge in [-0.1, -0.05) is 19.2 Å². The SMILES string of the molecule is C=C/C(C)=c1/nc[nH]c1=C. The highest BCUT2D eigenvalue weighted by atomic mass is 14.8. The van der Waals surface area contributed by atoms with Crippen molar-refractivity contribution < 1.29 is 0 Å². The Morgan fingerprint density at radius 2 is 2.50 bits per heavy atom. The zero-order valence-electron chi connectivity index (χ0n) is 6.02. The number of nitrogens with zero attached hydrogens (tertiary/aromatic N) is 1. The second kappa shape index (κ2) is 2.52. The second-order valence-electron chi connectivity index (χ2n) is 2.12. The van der Waals surface area contributed by atoms with E-state index >= 15 is 0 Å². The third-order valence-corrected chi connectivity index (χ3v) is 1.40. The first-order chi connectivity index (χ1) is 4.75. The fraction of sp³-hybridized carbons (Fsp3) is 0.125. The summed E-state index contributed by atoms with van der Waals surface area (Å²) in [5.41, 5.74) is 1.05. The molecule has 2 heteroatoms. The van der Waals surface area contributed by atoms with Gasteiger partial charge in [0.2, 0.25) is 0 Å². The van der Waals surface area contributed by atoms with Crippen molar-refractivity contribution in [2.75, 3.05) is 0 Å². The van der Waals surface area contributed by atoms with Gasteiger partial charge < -0.3 is 4.98 Å². The Hall–Kier alpha value is -1.31. The molecule has 1 aromatic rings. The molecule has 1 aromatic heterocycles. The molecule has 1 rings (SSSR count). The fourth-order valence-electron chi connectivity index (χ4n) is 0.758. The van der Waals surface area contributed by atoms with Crippen LogP contribution in [0.3, 0.4) is 0 Å². The Kier molecular flexibility index (Phi) is 1.71. The van der Waals surface area contributed by atoms with E-state index in [2.05, 4.69) is 23.1 Å². The van der Waals surface area contributed by atoms with Gasteiger partial charge in [0.1, 0.15) is 0 Å². The lowest BCUT2D eigenvalue weighted by molar-refractivity contribution is 1.28. The van der Waals surface area contributed by atoms with Crippen LogP contribution in [0.5, 0.6) is 0 Å². The molecule has 0 aliphatic heterocycles. The molecule has 0 fully saturated rings. The Morgan fingerprint density at radius 1 is 1.80 bits per heavy atom. The van der Waals surface area contributed by atoms with Crippen molar-refractivity contribution >= 4 is 12.2 Å². The van der Waals surface area contributed by atoms with Crippen molar-refractivity contribution in [2.24, 2.45) is 0 Å². The molecule has 1 heterocycles. The average Bonchev–Trinajstić information content (AvgIpc) is 2.34. The van der Waals surface area contributed by atoms with Crippen molar-refractivity contribution in [3.63, 3.8) is 0 Å². The Morgan fingerprint density at radius 3 is 2.90 bits per heavy atom. The Bertz CT molecular complexity index is 332. The van der Waals surface area contributed by atoms with Gasteiger partial charge in [0.25, 0.3) is 0 Å². The van der Waals surface area contributed by atoms with E-state index < -0.39 is 0 Å². The summed E-state index contributed by atoms with van der Waals surface area (Å²) in [6.45, 7) is 9.36. The van der Waals surface area contributed by atoms with Crippen molar-refractivity contribution in [3.05, 3.63) is 29.7 Å². The lowest BCUT2D eigenvalue weighted by Gasteiger charge is -1.82. The molecule has 0 amide bonds. The summed E-state index contributed by atoms with van der Waals surface area (Å²) in [6, 6.07) is 0. The lowest BCUT2D eigenvalue weighted by atomic mass is 10.3. The van der Waals surface area contributed by atoms with Gasteiger partial charge in [-0.3, -0.25) is 0 Å². The normalized spacial score (nSPS) is 12.9. The number of aromatic amines is 1. The highest BCUT2D eigenvalue weighted by Crippen LogP contribution is 1.85. The van der Waals surface area contributed by atoms with Gasteiger partial charge >= 0.3 is 0 Å². The molecule has 0 aromatic carbocycles. The molecule has 0 saturated heterocycles. The van der Waals surface area contributed by atoms with Gasteiger partial charge in [-0.2, -0.15) is 0 Å². The molecule has 0 radical (unpaired) electrons. The summed E-state index contributed by atoms with van der Waals surface area (Å²) in [7, 11) is 0. The largest absolute Gasteiger partial charge is 0.345 e. The molecule has 0 spiro atoms. The molecule has 1 N–H and O–H groups in total. The second-order valence-corrected chi connectivity index (χ2v) is 2.12. The summed E-state index contributed by atoms with van der Waals surface area (Å²) < 4.78 is 0. The van der Waals surface area contributed by atoms with E-state index in [1.807, 2.05) is 6.92 Å². The first kappa shape index (κ1) is 6.81. The number of nitrogens with one attached hydrogen (secondary N) is 1. The van der Waals surface area contributed by atoms with E-state index in [1.165, 1.54) is 0 Å². The maximum absolute atomic E-state index is 4.06. The quantitative estimate of drug-likeness (QED) is 0.583. The van der Waals surface area contributed by atoms with Crippen LogP contribution in [0.2, 0.25) is 0 Å². The van der Waals surface area contributed by atoms with Crippen LogP contribution in [0, 0.1) is 0 Å². The first-order valence-electron chi connectivity index (χ1n) is 3.07. The van der Waals surface area contributed by atoms with Crippen LogP contribution in [-0.4, -0.2) is 9.97 Å². The minimum Gasteiger partial charge on any atom is -0.345 e. The molecule has 10 heavy (non-hydrogen) atoms. The number of rotatable bonds is 1. The zero-order chi connectivity index (χ0) is 7.56. The number of H-pyrrole nitrogens is 1. The number of allylic oxidation sites excluding steroid dienone is 1. The number of imidazole rings is 1. The monoisotopic (exact) mass is 134 g/mol. The van der Waals surface area contributed by atoms with Crippen molar-refractivity contribution in [3.8, 4) is 0 Å². The molecular formula is C8H10N2. The van der Waals surface area contributed by atoms with Crippen molar-refractivity contribution in [2.45, 2.75) is 6.92 Å². The molecule has 0 aliphatic rings. The van der Waals surface area contributed by atoms with Gasteiger partial charge in [-0.15, -0.1) is 0 Å². The Balaban J connectivity index is 3.55. The van der Waals surface area contributed by atoms with E-state index in [9.17, 15) is 0 Å². The van der Waals surface area contributed by atoms with Crippen LogP contribution >= 0.6 is 0 Å². The van der Waals surface area contributed by atoms with E-state index in [0.717, 1.165) is 16.3 Å². The van der Waals surface area contributed by atoms with E-state index in [-0.39, 0.29) is 0 Å². The van der Waals surface area contributed by atoms with Crippen molar-refractivity contribution in [1.82, 2.24) is 9.97 Å². The molecular weight excluding hydrogens is 124 g/mol. The average molecular weight is 134 g/mol. The predicted octanol–water partition coefficient (Wildman–Crippen LogP) is 0.177. The van der Waals surface area contributed by atoms with E-state index in [0.29, 0.717) is 0 Å². The minimum absolute atomic E-state index is 0.845. The van der Waals surface area contributed by atoms with Gasteiger partial charge in [0, 0.05) is 0 Å². The van der Waals surface area contributed by atoms with Crippen molar-refractivity contribution in [1.29, 1.82) is 0 Å². The van der Waals surface area contributed by atoms with E-state index in [4.69, 9.17) is 0 Å². The van der Waals surface area contributed by atoms with Crippen LogP contribution in [0.1, 0.15) is 6.92 Å². The van der Waals surface area contributed by atoms with Gasteiger partial charge in [0.05, 0.1) is 17.0 Å². The number of hydrogen-bond acceptors (Lipinski definition) is 1. The molecule has 2 nitrogen and oxygen atoms in total. The topological polar surface area (TPSA) is 28.7 Å². The van der Waals surface area contributed by atoms with Gasteiger partial charge in [0.15, 0.2) is 0 Å². The summed E-state index contributed by atoms with van der Waals surface area (Å²) in [5.74, 6) is 0. The fourth-order valence-corrected chi connectivity index (χ4v) is 0.758. The van der Waals surface area contributed by atoms with Gasteiger partial charge in [-0.05, 0) is 12.5 Å². The Labute approximate surface area is 59.6 Å². The maximum atomic E-state index is 4.06. The highest BCUT2D eigenvalue weighted by Gasteiger charge is 1.86. The molecule has 0 saturated carbocycles. The highest BCUT2D eigenvalue weighted by molar-refractivity contribution is 5.51. The van der Waals surface area contributed by atoms with Crippen LogP contribution in [0.15, 0.2) is 19.0 Å². The standard InChI is InChI=1S/C8H10N2/c1-4-6(2)8-7(3)9-5-10-8/h4-5H,1,3H2,2H3,(H,9,10)/b8-6+. The minimum atomic E-state index is 0.845. The van der Waals surface area contributed by atoms with E-state index in [1.54, 1.807) is 12.4 Å². The molecule has 52 valence electrons. The molecule has 0 bridgehead atoms. The van der Waals surface area contributed by atoms with Crippen LogP contribution in [0.4, 0.5) is 0 Å². The van der Waals surface area contributed by atoms with Gasteiger partial charge in [-0.25, -0.2) is 4.98 Å². The summed E-state index contributed by atoms with van der Waals surface area (Å²) in [4.78, 5) is 6.95. The third-order valence-electron chi connectivity index (χ3n) is 1.40.